The van der Waals surface area contributed by atoms with Crippen molar-refractivity contribution >= 4 is 53.3 Å². The second-order valence-corrected chi connectivity index (χ2v) is 25.1. The summed E-state index contributed by atoms with van der Waals surface area (Å²) in [5.41, 5.74) is 3.68. The van der Waals surface area contributed by atoms with Crippen LogP contribution in [0.5, 0.6) is 5.88 Å². The number of halogens is 9. The molecule has 39 heteroatoms. The molecule has 3 heterocycles. The van der Waals surface area contributed by atoms with Crippen molar-refractivity contribution in [1.29, 1.82) is 0 Å². The second-order valence-electron chi connectivity index (χ2n) is 25.1. The molecule has 3 aromatic heterocycles. The van der Waals surface area contributed by atoms with Crippen LogP contribution < -0.4 is 46.0 Å². The minimum Gasteiger partial charge on any atom is -0.870 e. The molecule has 0 spiro atoms. The molecule has 10 N–H and O–H groups in total. The number of carboxylic acids is 2. The largest absolute Gasteiger partial charge is 1.00 e. The monoisotopic (exact) mass is 1680 g/mol. The summed E-state index contributed by atoms with van der Waals surface area (Å²) in [5, 5.41) is 42.2. The minimum absolute atomic E-state index is 0. The van der Waals surface area contributed by atoms with Gasteiger partial charge in [0.05, 0.1) is 82.6 Å². The number of ketones is 1. The number of alkyl halides is 9. The first-order chi connectivity index (χ1) is 53.1. The molecule has 9 rings (SSSR count). The summed E-state index contributed by atoms with van der Waals surface area (Å²) in [6.45, 7) is 22.3. The van der Waals surface area contributed by atoms with E-state index in [4.69, 9.17) is 50.0 Å². The van der Waals surface area contributed by atoms with Crippen molar-refractivity contribution in [2.24, 2.45) is 5.84 Å². The Kier molecular flexibility index (Phi) is 47.8. The number of carbonyl (C=O) groups is 8. The fourth-order valence-electron chi connectivity index (χ4n) is 8.63. The van der Waals surface area contributed by atoms with Crippen LogP contribution >= 0.6 is 0 Å². The molecule has 0 aliphatic rings. The van der Waals surface area contributed by atoms with Crippen LogP contribution in [-0.4, -0.2) is 147 Å². The van der Waals surface area contributed by atoms with Crippen molar-refractivity contribution in [3.05, 3.63) is 246 Å². The number of benzene rings is 6. The number of nitrogens with two attached hydrogens (primary N) is 1. The van der Waals surface area contributed by atoms with Crippen molar-refractivity contribution in [3.8, 4) is 22.9 Å². The Hall–Kier alpha value is -12.1. The molecule has 0 aliphatic carbocycles. The van der Waals surface area contributed by atoms with Crippen LogP contribution in [0.15, 0.2) is 167 Å². The van der Waals surface area contributed by atoms with E-state index in [2.05, 4.69) is 15.3 Å². The molecule has 0 fully saturated rings. The first-order valence-electron chi connectivity index (χ1n) is 33.9. The fraction of sp³-hybridized carbons (Fsp3) is 0.338. The van der Waals surface area contributed by atoms with Crippen LogP contribution in [0.1, 0.15) is 194 Å². The Bertz CT molecular complexity index is 4830. The van der Waals surface area contributed by atoms with Gasteiger partial charge in [0.1, 0.15) is 35.6 Å². The van der Waals surface area contributed by atoms with Gasteiger partial charge in [0.2, 0.25) is 11.7 Å². The molecular formula is C80H98F9LiN8O21. The number of anilines is 1. The van der Waals surface area contributed by atoms with E-state index in [1.165, 1.54) is 61.5 Å². The third kappa shape index (κ3) is 37.8. The number of ether oxygens (including phenoxy) is 6. The third-order valence-electron chi connectivity index (χ3n) is 13.9. The van der Waals surface area contributed by atoms with E-state index in [0.29, 0.717) is 62.0 Å². The van der Waals surface area contributed by atoms with Crippen LogP contribution in [0.3, 0.4) is 0 Å². The fourth-order valence-corrected chi connectivity index (χ4v) is 8.63. The average molecular weight is 1690 g/mol. The van der Waals surface area contributed by atoms with Crippen molar-refractivity contribution in [3.63, 3.8) is 0 Å². The summed E-state index contributed by atoms with van der Waals surface area (Å²) in [4.78, 5) is 112. The number of aromatic amines is 2. The van der Waals surface area contributed by atoms with Gasteiger partial charge in [-0.15, -0.1) is 0 Å². The first kappa shape index (κ1) is 111. The number of aliphatic hydroxyl groups excluding tert-OH is 2. The predicted octanol–water partition coefficient (Wildman–Crippen LogP) is 12.1. The molecule has 0 atom stereocenters. The molecule has 0 saturated carbocycles. The topological polar surface area (TPSA) is 434 Å². The Morgan fingerprint density at radius 3 is 1.21 bits per heavy atom. The van der Waals surface area contributed by atoms with Crippen LogP contribution in [0, 0.1) is 13.8 Å². The number of rotatable bonds is 19. The van der Waals surface area contributed by atoms with Gasteiger partial charge in [-0.05, 0) is 191 Å². The van der Waals surface area contributed by atoms with Crippen molar-refractivity contribution in [2.75, 3.05) is 31.9 Å². The van der Waals surface area contributed by atoms with Gasteiger partial charge >= 0.3 is 79.2 Å². The Balaban J connectivity index is -0.00000139. The molecule has 6 aromatic carbocycles. The summed E-state index contributed by atoms with van der Waals surface area (Å²) in [5.74, 6) is -1.47. The molecule has 648 valence electrons. The van der Waals surface area contributed by atoms with Crippen molar-refractivity contribution in [2.45, 2.75) is 155 Å². The molecule has 0 radical (unpaired) electrons. The molecule has 9 aromatic rings. The maximum absolute atomic E-state index is 12.5. The molecular weight excluding hydrogens is 1590 g/mol. The van der Waals surface area contributed by atoms with E-state index in [-0.39, 0.29) is 126 Å². The number of esters is 5. The molecule has 0 saturated heterocycles. The Morgan fingerprint density at radius 2 is 0.857 bits per heavy atom. The zero-order valence-electron chi connectivity index (χ0n) is 65.0. The first-order valence-corrected chi connectivity index (χ1v) is 33.9. The SMILES string of the molecule is C.C.C.CC(C)(C)OC(=O)c1ccc(CO)cc1.CCO.CCOC(=O)CC(=O)C(F)(F)F.CCOC(=O)c1cccc(-n2[nH]c(C(F)(F)F)cc2=O)c1.CCOC(=O)c1cccc(-n2nc(C)c(C)c2OCc2ccc(C(=O)OC(C)(C)C)cc2)c1.NNc1cccc(C(=O)O)c1.O=C(O)c1cccc(-n2[nH]c(C(F)(F)F)cc2=O)c1.[Li+].[OH-]. The number of carbonyl (C=O) groups excluding carboxylic acids is 6. The number of nitrogens with one attached hydrogen (secondary N) is 3. The minimum atomic E-state index is -4.95. The third-order valence-corrected chi connectivity index (χ3v) is 13.9. The number of nitrogens with zero attached hydrogens (tertiary/aromatic N) is 4. The van der Waals surface area contributed by atoms with E-state index >= 15 is 0 Å². The van der Waals surface area contributed by atoms with Gasteiger partial charge in [-0.1, -0.05) is 70.8 Å². The quantitative estimate of drug-likeness (QED) is 0.00709. The molecule has 0 amide bonds. The number of H-pyrrole nitrogens is 2. The molecule has 0 bridgehead atoms. The number of aryl methyl sites for hydroxylation is 1. The van der Waals surface area contributed by atoms with Crippen molar-refractivity contribution in [1.82, 2.24) is 29.3 Å². The zero-order chi connectivity index (χ0) is 86.2. The number of aliphatic hydroxyl groups is 2. The van der Waals surface area contributed by atoms with Gasteiger partial charge in [0.15, 0.2) is 0 Å². The summed E-state index contributed by atoms with van der Waals surface area (Å²) in [7, 11) is 0. The van der Waals surface area contributed by atoms with Gasteiger partial charge in [0.25, 0.3) is 11.1 Å². The van der Waals surface area contributed by atoms with E-state index in [0.717, 1.165) is 28.5 Å². The molecule has 0 aliphatic heterocycles. The second kappa shape index (κ2) is 51.2. The van der Waals surface area contributed by atoms with Gasteiger partial charge < -0.3 is 59.7 Å². The Labute approximate surface area is 691 Å². The molecule has 119 heavy (non-hydrogen) atoms. The number of Topliss-reactive ketones (excluding diaryl/α,β-unsaturated/α-hetero) is 1. The number of hydrazine groups is 1. The van der Waals surface area contributed by atoms with Gasteiger partial charge in [-0.2, -0.15) is 44.6 Å². The summed E-state index contributed by atoms with van der Waals surface area (Å²) < 4.78 is 143. The van der Waals surface area contributed by atoms with Crippen LogP contribution in [-0.2, 0) is 58.8 Å². The van der Waals surface area contributed by atoms with E-state index in [1.807, 2.05) is 83.8 Å². The maximum Gasteiger partial charge on any atom is 1.00 e. The van der Waals surface area contributed by atoms with Gasteiger partial charge in [-0.3, -0.25) is 35.2 Å². The van der Waals surface area contributed by atoms with Gasteiger partial charge in [0, 0.05) is 30.0 Å². The average Bonchev–Trinajstić information content (AvgIpc) is 1.66. The zero-order valence-corrected chi connectivity index (χ0v) is 65.0. The number of nitrogen functional groups attached to an aromatic ring is 1. The number of aromatic carboxylic acids is 2. The predicted molar refractivity (Wildman–Crippen MR) is 417 cm³/mol. The number of hydrogen-bond donors (Lipinski definition) is 8. The summed E-state index contributed by atoms with van der Waals surface area (Å²) >= 11 is 0. The van der Waals surface area contributed by atoms with Crippen molar-refractivity contribution < 1.29 is 151 Å². The van der Waals surface area contributed by atoms with E-state index in [9.17, 15) is 87.5 Å². The normalized spacial score (nSPS) is 10.5. The number of hydrogen-bond acceptors (Lipinski definition) is 22. The van der Waals surface area contributed by atoms with E-state index < -0.39 is 88.3 Å². The number of aromatic nitrogens is 6. The summed E-state index contributed by atoms with van der Waals surface area (Å²) in [6.07, 6.45) is -15.5. The van der Waals surface area contributed by atoms with Crippen LogP contribution in [0.4, 0.5) is 45.2 Å². The van der Waals surface area contributed by atoms with Crippen LogP contribution in [0.2, 0.25) is 0 Å². The Morgan fingerprint density at radius 1 is 0.496 bits per heavy atom. The van der Waals surface area contributed by atoms with Crippen LogP contribution in [0.25, 0.3) is 17.1 Å². The van der Waals surface area contributed by atoms with E-state index in [1.54, 1.807) is 92.2 Å². The van der Waals surface area contributed by atoms with Gasteiger partial charge in [-0.25, -0.2) is 42.8 Å². The standard InChI is InChI=1S/C26H30N2O5.C13H11F3N2O3.C12H16O3.C11H7F3N2O3.C7H8N2O2.C6H7F3O3.C2H6O.3CH4.Li.H2O/c1-7-31-24(29)21-9-8-10-22(15-21)28-23(17(2)18(3)27-28)32-16-19-11-13-20(14-12-19)25(30)33-26(4,5)6;1-2-21-12(20)8-4-3-5-9(6-8)18-11(19)7-10(17-18)13(14,15)16;1-12(2,3)15-11(14)10-6-4-9(8-13)5-7-10;12-11(13,14)8-5-9(17)16(15-8)7-3-1-2-6(4-7)10(18)19;8-9-6-3-1-2-5(4-6)7(10)11;1-2-12-5(11)3-4(10)6(7,8)9;1-2-3;;;;;/h8-15H,7,16H2,1-6H3;3-7,17H,2H2,1H3;4-7,13H,8H2,1-3H3;1-5,15H,(H,18,19);1-4,9H,8H2,(H,10,11);2-3H2,1H3;3H,2H2,1H3;3*1H4;;1H2/q;;;;;;;;;;+1;/p-1. The molecule has 0 unspecified atom stereocenters. The number of carboxylic acid groups (broad SMARTS) is 2. The summed E-state index contributed by atoms with van der Waals surface area (Å²) in [6, 6.07) is 38.7. The smallest absolute Gasteiger partial charge is 0.870 e. The molecule has 29 nitrogen and oxygen atoms in total. The maximum atomic E-state index is 12.5.